The Bertz CT molecular complexity index is 511. The van der Waals surface area contributed by atoms with Crippen molar-refractivity contribution >= 4 is 10.8 Å². The van der Waals surface area contributed by atoms with Crippen molar-refractivity contribution in [2.75, 3.05) is 0 Å². The summed E-state index contributed by atoms with van der Waals surface area (Å²) in [7, 11) is 1.78. The lowest BCUT2D eigenvalue weighted by atomic mass is 10.1. The van der Waals surface area contributed by atoms with Gasteiger partial charge in [0, 0.05) is 18.6 Å². The summed E-state index contributed by atoms with van der Waals surface area (Å²) in [6.45, 7) is 2.02. The molecule has 1 heterocycles. The number of pyridine rings is 1. The fourth-order valence-electron chi connectivity index (χ4n) is 1.62. The van der Waals surface area contributed by atoms with Gasteiger partial charge in [-0.3, -0.25) is 4.79 Å². The molecule has 0 N–H and O–H groups in total. The molecule has 0 fully saturated rings. The van der Waals surface area contributed by atoms with Gasteiger partial charge in [-0.2, -0.15) is 0 Å². The average molecular weight is 173 g/mol. The Hall–Kier alpha value is -1.57. The monoisotopic (exact) mass is 173 g/mol. The first-order valence-electron chi connectivity index (χ1n) is 4.25. The lowest BCUT2D eigenvalue weighted by Gasteiger charge is -2.04. The molecule has 2 rings (SSSR count). The van der Waals surface area contributed by atoms with E-state index in [-0.39, 0.29) is 5.56 Å². The second-order valence-corrected chi connectivity index (χ2v) is 3.27. The van der Waals surface area contributed by atoms with E-state index in [0.29, 0.717) is 0 Å². The quantitative estimate of drug-likeness (QED) is 0.596. The molecular formula is C11H11NO. The zero-order valence-corrected chi connectivity index (χ0v) is 7.74. The third kappa shape index (κ3) is 1.15. The van der Waals surface area contributed by atoms with Gasteiger partial charge in [0.15, 0.2) is 0 Å². The van der Waals surface area contributed by atoms with Crippen LogP contribution in [0.4, 0.5) is 0 Å². The van der Waals surface area contributed by atoms with Gasteiger partial charge in [0.2, 0.25) is 0 Å². The van der Waals surface area contributed by atoms with E-state index in [9.17, 15) is 4.79 Å². The van der Waals surface area contributed by atoms with E-state index in [1.165, 1.54) is 0 Å². The van der Waals surface area contributed by atoms with Gasteiger partial charge in [0.25, 0.3) is 5.56 Å². The maximum Gasteiger partial charge on any atom is 0.258 e. The molecule has 1 aromatic carbocycles. The molecule has 66 valence electrons. The van der Waals surface area contributed by atoms with Crippen molar-refractivity contribution in [3.8, 4) is 0 Å². The highest BCUT2D eigenvalue weighted by molar-refractivity contribution is 5.84. The van der Waals surface area contributed by atoms with Crippen LogP contribution in [-0.2, 0) is 7.05 Å². The van der Waals surface area contributed by atoms with Crippen LogP contribution in [0.5, 0.6) is 0 Å². The second-order valence-electron chi connectivity index (χ2n) is 3.27. The second kappa shape index (κ2) is 2.73. The van der Waals surface area contributed by atoms with Crippen LogP contribution >= 0.6 is 0 Å². The molecular weight excluding hydrogens is 162 g/mol. The maximum absolute atomic E-state index is 11.6. The minimum absolute atomic E-state index is 0.0706. The molecule has 0 radical (unpaired) electrons. The smallest absolute Gasteiger partial charge is 0.258 e. The molecule has 0 aliphatic rings. The minimum Gasteiger partial charge on any atom is -0.318 e. The number of aryl methyl sites for hydroxylation is 2. The summed E-state index contributed by atoms with van der Waals surface area (Å²) in [5, 5.41) is 1.84. The zero-order valence-electron chi connectivity index (χ0n) is 7.74. The van der Waals surface area contributed by atoms with E-state index < -0.39 is 0 Å². The summed E-state index contributed by atoms with van der Waals surface area (Å²) in [6.07, 6.45) is 1.87. The van der Waals surface area contributed by atoms with Gasteiger partial charge >= 0.3 is 0 Å². The number of rotatable bonds is 0. The van der Waals surface area contributed by atoms with Crippen LogP contribution in [0, 0.1) is 6.92 Å². The molecule has 2 nitrogen and oxygen atoms in total. The first kappa shape index (κ1) is 8.05. The lowest BCUT2D eigenvalue weighted by molar-refractivity contribution is 0.866. The van der Waals surface area contributed by atoms with Crippen molar-refractivity contribution in [2.45, 2.75) is 6.92 Å². The Labute approximate surface area is 76.4 Å². The number of hydrogen-bond donors (Lipinski definition) is 0. The number of nitrogens with zero attached hydrogens (tertiary/aromatic N) is 1. The summed E-state index contributed by atoms with van der Waals surface area (Å²) in [6, 6.07) is 7.69. The molecule has 0 aliphatic heterocycles. The molecule has 0 atom stereocenters. The van der Waals surface area contributed by atoms with Crippen molar-refractivity contribution < 1.29 is 0 Å². The molecule has 0 spiro atoms. The molecule has 2 aromatic rings. The normalized spacial score (nSPS) is 10.6. The summed E-state index contributed by atoms with van der Waals surface area (Å²) in [5.41, 5.74) is 1.21. The minimum atomic E-state index is 0.0706. The van der Waals surface area contributed by atoms with Gasteiger partial charge in [-0.15, -0.1) is 0 Å². The van der Waals surface area contributed by atoms with Crippen LogP contribution in [0.2, 0.25) is 0 Å². The molecule has 1 aromatic heterocycles. The van der Waals surface area contributed by atoms with Gasteiger partial charge in [-0.25, -0.2) is 0 Å². The van der Waals surface area contributed by atoms with Crippen molar-refractivity contribution in [1.82, 2.24) is 4.57 Å². The SMILES string of the molecule is Cc1cn(C)c(=O)c2ccccc12. The summed E-state index contributed by atoms with van der Waals surface area (Å²) < 4.78 is 1.62. The number of fused-ring (bicyclic) bond motifs is 1. The van der Waals surface area contributed by atoms with Crippen LogP contribution in [-0.4, -0.2) is 4.57 Å². The fourth-order valence-corrected chi connectivity index (χ4v) is 1.62. The maximum atomic E-state index is 11.6. The standard InChI is InChI=1S/C11H11NO/c1-8-7-12(2)11(13)10-6-4-3-5-9(8)10/h3-7H,1-2H3. The third-order valence-corrected chi connectivity index (χ3v) is 2.29. The topological polar surface area (TPSA) is 22.0 Å². The third-order valence-electron chi connectivity index (χ3n) is 2.29. The number of hydrogen-bond acceptors (Lipinski definition) is 1. The van der Waals surface area contributed by atoms with E-state index in [1.54, 1.807) is 11.6 Å². The first-order chi connectivity index (χ1) is 6.20. The lowest BCUT2D eigenvalue weighted by Crippen LogP contribution is -2.16. The molecule has 0 bridgehead atoms. The van der Waals surface area contributed by atoms with Gasteiger partial charge in [0.1, 0.15) is 0 Å². The number of benzene rings is 1. The molecule has 0 saturated carbocycles. The summed E-state index contributed by atoms with van der Waals surface area (Å²) in [4.78, 5) is 11.6. The Morgan fingerprint density at radius 3 is 2.46 bits per heavy atom. The van der Waals surface area contributed by atoms with E-state index >= 15 is 0 Å². The molecule has 0 saturated heterocycles. The van der Waals surface area contributed by atoms with E-state index in [4.69, 9.17) is 0 Å². The highest BCUT2D eigenvalue weighted by atomic mass is 16.1. The molecule has 13 heavy (non-hydrogen) atoms. The van der Waals surface area contributed by atoms with Crippen molar-refractivity contribution in [3.63, 3.8) is 0 Å². The number of aromatic nitrogens is 1. The molecule has 0 aliphatic carbocycles. The van der Waals surface area contributed by atoms with Crippen LogP contribution < -0.4 is 5.56 Å². The Morgan fingerprint density at radius 2 is 1.77 bits per heavy atom. The van der Waals surface area contributed by atoms with Gasteiger partial charge < -0.3 is 4.57 Å². The van der Waals surface area contributed by atoms with Crippen molar-refractivity contribution in [1.29, 1.82) is 0 Å². The Balaban J connectivity index is 3.06. The molecule has 0 amide bonds. The highest BCUT2D eigenvalue weighted by Crippen LogP contribution is 2.12. The van der Waals surface area contributed by atoms with Gasteiger partial charge in [-0.1, -0.05) is 18.2 Å². The van der Waals surface area contributed by atoms with Crippen molar-refractivity contribution in [2.24, 2.45) is 7.05 Å². The average Bonchev–Trinajstić information content (AvgIpc) is 2.15. The predicted octanol–water partition coefficient (Wildman–Crippen LogP) is 1.85. The largest absolute Gasteiger partial charge is 0.318 e. The highest BCUT2D eigenvalue weighted by Gasteiger charge is 2.01. The van der Waals surface area contributed by atoms with Crippen LogP contribution in [0.25, 0.3) is 10.8 Å². The molecule has 0 unspecified atom stereocenters. The van der Waals surface area contributed by atoms with Crippen LogP contribution in [0.1, 0.15) is 5.56 Å². The molecule has 2 heteroatoms. The Kier molecular flexibility index (Phi) is 1.69. The van der Waals surface area contributed by atoms with Gasteiger partial charge in [0.05, 0.1) is 0 Å². The van der Waals surface area contributed by atoms with Gasteiger partial charge in [-0.05, 0) is 23.9 Å². The zero-order chi connectivity index (χ0) is 9.42. The summed E-state index contributed by atoms with van der Waals surface area (Å²) in [5.74, 6) is 0. The van der Waals surface area contributed by atoms with Crippen LogP contribution in [0.3, 0.4) is 0 Å². The Morgan fingerprint density at radius 1 is 1.15 bits per heavy atom. The van der Waals surface area contributed by atoms with E-state index in [2.05, 4.69) is 0 Å². The predicted molar refractivity (Wildman–Crippen MR) is 53.9 cm³/mol. The van der Waals surface area contributed by atoms with Crippen molar-refractivity contribution in [3.05, 3.63) is 46.4 Å². The first-order valence-corrected chi connectivity index (χ1v) is 4.25. The fraction of sp³-hybridized carbons (Fsp3) is 0.182. The summed E-state index contributed by atoms with van der Waals surface area (Å²) >= 11 is 0. The van der Waals surface area contributed by atoms with E-state index in [1.807, 2.05) is 37.4 Å². The van der Waals surface area contributed by atoms with E-state index in [0.717, 1.165) is 16.3 Å². The van der Waals surface area contributed by atoms with Crippen LogP contribution in [0.15, 0.2) is 35.3 Å².